The topological polar surface area (TPSA) is 50.9 Å². The second-order valence-corrected chi connectivity index (χ2v) is 6.42. The number of aromatic nitrogens is 3. The number of aliphatic hydroxyl groups is 1. The van der Waals surface area contributed by atoms with Gasteiger partial charge in [-0.25, -0.2) is 0 Å². The largest absolute Gasteiger partial charge is 0.388 e. The smallest absolute Gasteiger partial charge is 0.164 e. The molecule has 2 rings (SSSR count). The van der Waals surface area contributed by atoms with Crippen molar-refractivity contribution in [2.24, 2.45) is 0 Å². The molecule has 0 atom stereocenters. The molecule has 4 nitrogen and oxygen atoms in total. The molecule has 0 aliphatic heterocycles. The van der Waals surface area contributed by atoms with Gasteiger partial charge in [-0.15, -0.1) is 10.2 Å². The zero-order chi connectivity index (χ0) is 14.2. The lowest BCUT2D eigenvalue weighted by Gasteiger charge is -2.24. The van der Waals surface area contributed by atoms with Gasteiger partial charge in [0.25, 0.3) is 0 Å². The first kappa shape index (κ1) is 14.2. The maximum atomic E-state index is 9.41. The average Bonchev–Trinajstić information content (AvgIpc) is 2.76. The number of halogens is 1. The summed E-state index contributed by atoms with van der Waals surface area (Å²) in [6.07, 6.45) is 0. The maximum Gasteiger partial charge on any atom is 0.164 e. The molecule has 2 aromatic rings. The van der Waals surface area contributed by atoms with Gasteiger partial charge in [-0.1, -0.05) is 22.0 Å². The summed E-state index contributed by atoms with van der Waals surface area (Å²) in [6, 6.07) is 6.08. The molecule has 1 aromatic carbocycles. The molecule has 0 aliphatic rings. The van der Waals surface area contributed by atoms with Crippen LogP contribution in [-0.2, 0) is 12.1 Å². The molecule has 0 radical (unpaired) electrons. The van der Waals surface area contributed by atoms with Crippen molar-refractivity contribution >= 4 is 15.9 Å². The summed E-state index contributed by atoms with van der Waals surface area (Å²) in [5.41, 5.74) is 1.96. The average molecular weight is 324 g/mol. The second kappa shape index (κ2) is 5.06. The minimum atomic E-state index is -0.183. The van der Waals surface area contributed by atoms with Crippen LogP contribution < -0.4 is 0 Å². The van der Waals surface area contributed by atoms with Crippen LogP contribution in [0.25, 0.3) is 11.4 Å². The SMILES string of the molecule is Cc1cc(-c2nnc(CO)n2C(C)(C)C)ccc1Br. The van der Waals surface area contributed by atoms with E-state index in [0.29, 0.717) is 5.82 Å². The molecule has 0 saturated heterocycles. The first-order chi connectivity index (χ1) is 8.84. The molecular weight excluding hydrogens is 306 g/mol. The van der Waals surface area contributed by atoms with Gasteiger partial charge in [-0.2, -0.15) is 0 Å². The van der Waals surface area contributed by atoms with Crippen LogP contribution in [0.2, 0.25) is 0 Å². The van der Waals surface area contributed by atoms with Crippen molar-refractivity contribution in [3.05, 3.63) is 34.1 Å². The molecule has 0 amide bonds. The van der Waals surface area contributed by atoms with Crippen LogP contribution in [0.5, 0.6) is 0 Å². The van der Waals surface area contributed by atoms with Crippen molar-refractivity contribution < 1.29 is 5.11 Å². The Hall–Kier alpha value is -1.20. The van der Waals surface area contributed by atoms with Crippen LogP contribution in [0, 0.1) is 6.92 Å². The second-order valence-electron chi connectivity index (χ2n) is 5.57. The Morgan fingerprint density at radius 1 is 1.26 bits per heavy atom. The Kier molecular flexibility index (Phi) is 3.78. The van der Waals surface area contributed by atoms with Crippen LogP contribution in [0.15, 0.2) is 22.7 Å². The Labute approximate surface area is 121 Å². The van der Waals surface area contributed by atoms with E-state index in [1.807, 2.05) is 23.6 Å². The van der Waals surface area contributed by atoms with E-state index in [1.165, 1.54) is 0 Å². The molecule has 0 spiro atoms. The minimum Gasteiger partial charge on any atom is -0.388 e. The summed E-state index contributed by atoms with van der Waals surface area (Å²) in [4.78, 5) is 0. The maximum absolute atomic E-state index is 9.41. The third kappa shape index (κ3) is 2.72. The van der Waals surface area contributed by atoms with Crippen LogP contribution in [-0.4, -0.2) is 19.9 Å². The number of nitrogens with zero attached hydrogens (tertiary/aromatic N) is 3. The molecule has 102 valence electrons. The summed E-state index contributed by atoms with van der Waals surface area (Å²) >= 11 is 3.50. The molecule has 1 N–H and O–H groups in total. The Morgan fingerprint density at radius 3 is 2.47 bits per heavy atom. The Balaban J connectivity index is 2.62. The van der Waals surface area contributed by atoms with Crippen molar-refractivity contribution in [2.75, 3.05) is 0 Å². The molecule has 1 aromatic heterocycles. The van der Waals surface area contributed by atoms with Crippen LogP contribution >= 0.6 is 15.9 Å². The summed E-state index contributed by atoms with van der Waals surface area (Å²) in [7, 11) is 0. The van der Waals surface area contributed by atoms with Gasteiger partial charge < -0.3 is 9.67 Å². The van der Waals surface area contributed by atoms with E-state index in [0.717, 1.165) is 21.4 Å². The fourth-order valence-corrected chi connectivity index (χ4v) is 2.34. The minimum absolute atomic E-state index is 0.111. The van der Waals surface area contributed by atoms with Gasteiger partial charge in [0.2, 0.25) is 0 Å². The highest BCUT2D eigenvalue weighted by molar-refractivity contribution is 9.10. The van der Waals surface area contributed by atoms with Gasteiger partial charge in [0.1, 0.15) is 6.61 Å². The fraction of sp³-hybridized carbons (Fsp3) is 0.429. The predicted octanol–water partition coefficient (Wildman–Crippen LogP) is 3.26. The number of aryl methyl sites for hydroxylation is 1. The number of rotatable bonds is 2. The zero-order valence-corrected chi connectivity index (χ0v) is 13.2. The molecule has 0 bridgehead atoms. The van der Waals surface area contributed by atoms with Gasteiger partial charge in [0, 0.05) is 15.6 Å². The van der Waals surface area contributed by atoms with E-state index in [-0.39, 0.29) is 12.1 Å². The number of aliphatic hydroxyl groups excluding tert-OH is 1. The highest BCUT2D eigenvalue weighted by Gasteiger charge is 2.23. The van der Waals surface area contributed by atoms with E-state index < -0.39 is 0 Å². The number of benzene rings is 1. The molecule has 5 heteroatoms. The monoisotopic (exact) mass is 323 g/mol. The first-order valence-corrected chi connectivity index (χ1v) is 6.96. The highest BCUT2D eigenvalue weighted by atomic mass is 79.9. The molecule has 19 heavy (non-hydrogen) atoms. The van der Waals surface area contributed by atoms with Gasteiger partial charge in [-0.3, -0.25) is 0 Å². The van der Waals surface area contributed by atoms with E-state index in [9.17, 15) is 5.11 Å². The van der Waals surface area contributed by atoms with Gasteiger partial charge >= 0.3 is 0 Å². The molecule has 0 unspecified atom stereocenters. The van der Waals surface area contributed by atoms with E-state index in [2.05, 4.69) is 53.0 Å². The standard InChI is InChI=1S/C14H18BrN3O/c1-9-7-10(5-6-11(9)15)13-17-16-12(8-19)18(13)14(2,3)4/h5-7,19H,8H2,1-4H3. The van der Waals surface area contributed by atoms with E-state index >= 15 is 0 Å². The zero-order valence-electron chi connectivity index (χ0n) is 11.6. The summed E-state index contributed by atoms with van der Waals surface area (Å²) in [5.74, 6) is 1.37. The third-order valence-electron chi connectivity index (χ3n) is 2.96. The predicted molar refractivity (Wildman–Crippen MR) is 78.8 cm³/mol. The van der Waals surface area contributed by atoms with Gasteiger partial charge in [-0.05, 0) is 45.4 Å². The molecule has 0 fully saturated rings. The lowest BCUT2D eigenvalue weighted by Crippen LogP contribution is -2.25. The normalized spacial score (nSPS) is 11.9. The fourth-order valence-electron chi connectivity index (χ4n) is 2.09. The van der Waals surface area contributed by atoms with Crippen molar-refractivity contribution in [2.45, 2.75) is 39.8 Å². The quantitative estimate of drug-likeness (QED) is 0.922. The van der Waals surface area contributed by atoms with Crippen molar-refractivity contribution in [3.63, 3.8) is 0 Å². The highest BCUT2D eigenvalue weighted by Crippen LogP contribution is 2.28. The summed E-state index contributed by atoms with van der Waals surface area (Å²) < 4.78 is 3.05. The summed E-state index contributed by atoms with van der Waals surface area (Å²) in [5, 5.41) is 17.7. The third-order valence-corrected chi connectivity index (χ3v) is 3.85. The van der Waals surface area contributed by atoms with Crippen molar-refractivity contribution in [1.29, 1.82) is 0 Å². The first-order valence-electron chi connectivity index (χ1n) is 6.16. The number of hydrogen-bond acceptors (Lipinski definition) is 3. The molecule has 1 heterocycles. The van der Waals surface area contributed by atoms with Gasteiger partial charge in [0.15, 0.2) is 11.6 Å². The van der Waals surface area contributed by atoms with E-state index in [1.54, 1.807) is 0 Å². The Morgan fingerprint density at radius 2 is 1.95 bits per heavy atom. The summed E-state index contributed by atoms with van der Waals surface area (Å²) in [6.45, 7) is 8.15. The lowest BCUT2D eigenvalue weighted by atomic mass is 10.1. The van der Waals surface area contributed by atoms with Crippen molar-refractivity contribution in [3.8, 4) is 11.4 Å². The molecule has 0 aliphatic carbocycles. The number of hydrogen-bond donors (Lipinski definition) is 1. The Bertz CT molecular complexity index is 599. The van der Waals surface area contributed by atoms with Crippen LogP contribution in [0.3, 0.4) is 0 Å². The van der Waals surface area contributed by atoms with Crippen LogP contribution in [0.4, 0.5) is 0 Å². The van der Waals surface area contributed by atoms with E-state index in [4.69, 9.17) is 0 Å². The van der Waals surface area contributed by atoms with Gasteiger partial charge in [0.05, 0.1) is 0 Å². The lowest BCUT2D eigenvalue weighted by molar-refractivity contribution is 0.250. The van der Waals surface area contributed by atoms with Crippen LogP contribution in [0.1, 0.15) is 32.2 Å². The van der Waals surface area contributed by atoms with Crippen molar-refractivity contribution in [1.82, 2.24) is 14.8 Å². The molecular formula is C14H18BrN3O. The molecule has 0 saturated carbocycles.